The first-order chi connectivity index (χ1) is 13.6. The largest absolute Gasteiger partial charge is 0.343 e. The molecule has 1 atom stereocenters. The highest BCUT2D eigenvalue weighted by Gasteiger charge is 2.32. The zero-order chi connectivity index (χ0) is 19.3. The topological polar surface area (TPSA) is 49.3 Å². The van der Waals surface area contributed by atoms with Crippen LogP contribution in [0.2, 0.25) is 0 Å². The van der Waals surface area contributed by atoms with Gasteiger partial charge in [-0.05, 0) is 49.3 Å². The molecule has 0 bridgehead atoms. The van der Waals surface area contributed by atoms with Gasteiger partial charge in [-0.15, -0.1) is 11.3 Å². The lowest BCUT2D eigenvalue weighted by Crippen LogP contribution is -2.27. The number of anilines is 2. The molecule has 0 N–H and O–H groups in total. The quantitative estimate of drug-likeness (QED) is 0.653. The Balaban J connectivity index is 1.50. The summed E-state index contributed by atoms with van der Waals surface area (Å²) in [6.07, 6.45) is 2.71. The maximum absolute atomic E-state index is 12.0. The second kappa shape index (κ2) is 6.85. The maximum atomic E-state index is 12.0. The van der Waals surface area contributed by atoms with E-state index in [0.29, 0.717) is 18.2 Å². The van der Waals surface area contributed by atoms with Gasteiger partial charge in [-0.3, -0.25) is 4.79 Å². The number of aromatic nitrogens is 2. The number of para-hydroxylation sites is 1. The van der Waals surface area contributed by atoms with Gasteiger partial charge in [-0.25, -0.2) is 9.97 Å². The zero-order valence-corrected chi connectivity index (χ0v) is 17.1. The molecule has 0 radical (unpaired) electrons. The van der Waals surface area contributed by atoms with Gasteiger partial charge in [0.05, 0.1) is 5.39 Å². The van der Waals surface area contributed by atoms with Gasteiger partial charge in [-0.1, -0.05) is 18.2 Å². The van der Waals surface area contributed by atoms with Crippen LogP contribution in [0.4, 0.5) is 11.5 Å². The number of amides is 1. The molecule has 0 saturated carbocycles. The van der Waals surface area contributed by atoms with Crippen LogP contribution in [0.3, 0.4) is 0 Å². The molecule has 4 heterocycles. The molecule has 2 aliphatic rings. The third kappa shape index (κ3) is 2.87. The number of nitrogens with zero attached hydrogens (tertiary/aromatic N) is 4. The Morgan fingerprint density at radius 2 is 2.07 bits per heavy atom. The van der Waals surface area contributed by atoms with Gasteiger partial charge in [0.25, 0.3) is 0 Å². The Hall–Kier alpha value is -2.47. The lowest BCUT2D eigenvalue weighted by atomic mass is 9.98. The van der Waals surface area contributed by atoms with Gasteiger partial charge in [0, 0.05) is 37.7 Å². The summed E-state index contributed by atoms with van der Waals surface area (Å²) >= 11 is 1.69. The van der Waals surface area contributed by atoms with E-state index < -0.39 is 0 Å². The van der Waals surface area contributed by atoms with Crippen molar-refractivity contribution < 1.29 is 4.79 Å². The van der Waals surface area contributed by atoms with E-state index in [1.165, 1.54) is 22.2 Å². The number of rotatable bonds is 4. The van der Waals surface area contributed by atoms with Gasteiger partial charge < -0.3 is 9.80 Å². The van der Waals surface area contributed by atoms with Gasteiger partial charge in [-0.2, -0.15) is 0 Å². The molecular formula is C22H24N4OS. The molecular weight excluding hydrogens is 368 g/mol. The summed E-state index contributed by atoms with van der Waals surface area (Å²) in [4.78, 5) is 26.9. The lowest BCUT2D eigenvalue weighted by Gasteiger charge is -2.21. The van der Waals surface area contributed by atoms with Crippen LogP contribution < -0.4 is 4.90 Å². The average Bonchev–Trinajstić information content (AvgIpc) is 3.37. The third-order valence-corrected chi connectivity index (χ3v) is 6.95. The van der Waals surface area contributed by atoms with Crippen LogP contribution in [-0.4, -0.2) is 40.4 Å². The lowest BCUT2D eigenvalue weighted by molar-refractivity contribution is -0.127. The highest BCUT2D eigenvalue weighted by atomic mass is 32.1. The highest BCUT2D eigenvalue weighted by Crippen LogP contribution is 2.44. The fourth-order valence-corrected chi connectivity index (χ4v) is 5.52. The molecule has 2 aromatic heterocycles. The Morgan fingerprint density at radius 3 is 2.89 bits per heavy atom. The van der Waals surface area contributed by atoms with E-state index >= 15 is 0 Å². The van der Waals surface area contributed by atoms with Crippen LogP contribution in [-0.2, 0) is 4.79 Å². The van der Waals surface area contributed by atoms with Crippen molar-refractivity contribution in [2.45, 2.75) is 39.0 Å². The third-order valence-electron chi connectivity index (χ3n) is 5.96. The first-order valence-electron chi connectivity index (χ1n) is 9.98. The van der Waals surface area contributed by atoms with Gasteiger partial charge in [0.15, 0.2) is 0 Å². The molecule has 5 rings (SSSR count). The predicted molar refractivity (Wildman–Crippen MR) is 114 cm³/mol. The van der Waals surface area contributed by atoms with Crippen LogP contribution in [0, 0.1) is 13.8 Å². The van der Waals surface area contributed by atoms with Crippen molar-refractivity contribution in [3.8, 4) is 0 Å². The molecule has 1 aromatic carbocycles. The van der Waals surface area contributed by atoms with Crippen LogP contribution >= 0.6 is 11.3 Å². The normalized spacial score (nSPS) is 19.1. The summed E-state index contributed by atoms with van der Waals surface area (Å²) in [5.41, 5.74) is 3.84. The number of likely N-dealkylation sites (tertiary alicyclic amines) is 1. The minimum absolute atomic E-state index is 0.310. The van der Waals surface area contributed by atoms with E-state index in [4.69, 9.17) is 4.98 Å². The summed E-state index contributed by atoms with van der Waals surface area (Å²) < 4.78 is 0. The molecule has 1 saturated heterocycles. The van der Waals surface area contributed by atoms with Gasteiger partial charge >= 0.3 is 0 Å². The number of hydrogen-bond acceptors (Lipinski definition) is 5. The van der Waals surface area contributed by atoms with Crippen LogP contribution in [0.5, 0.6) is 0 Å². The van der Waals surface area contributed by atoms with Gasteiger partial charge in [0.2, 0.25) is 5.91 Å². The minimum atomic E-state index is 0.310. The summed E-state index contributed by atoms with van der Waals surface area (Å²) in [7, 11) is 0. The average molecular weight is 393 g/mol. The summed E-state index contributed by atoms with van der Waals surface area (Å²) in [5, 5.41) is 3.33. The van der Waals surface area contributed by atoms with Crippen molar-refractivity contribution in [1.29, 1.82) is 0 Å². The van der Waals surface area contributed by atoms with Crippen molar-refractivity contribution in [2.24, 2.45) is 0 Å². The molecule has 144 valence electrons. The van der Waals surface area contributed by atoms with Crippen LogP contribution in [0.1, 0.15) is 42.1 Å². The van der Waals surface area contributed by atoms with Crippen LogP contribution in [0.15, 0.2) is 29.6 Å². The number of benzene rings is 1. The molecule has 1 amide bonds. The standard InChI is InChI=1S/C22H24N4OS/c1-14-13-28-22-20(14)21(23-15(2)24-22)26-12-16(17-6-3-4-7-18(17)26)9-11-25-10-5-8-19(25)27/h3-4,6-7,13,16H,5,8-12H2,1-2H3. The molecule has 1 fully saturated rings. The second-order valence-corrected chi connectivity index (χ2v) is 8.69. The van der Waals surface area contributed by atoms with E-state index in [1.54, 1.807) is 11.3 Å². The van der Waals surface area contributed by atoms with Crippen molar-refractivity contribution in [1.82, 2.24) is 14.9 Å². The molecule has 0 aliphatic carbocycles. The summed E-state index contributed by atoms with van der Waals surface area (Å²) in [6.45, 7) is 6.77. The molecule has 5 nitrogen and oxygen atoms in total. The van der Waals surface area contributed by atoms with E-state index in [1.807, 2.05) is 11.8 Å². The van der Waals surface area contributed by atoms with Crippen molar-refractivity contribution in [3.05, 3.63) is 46.6 Å². The Bertz CT molecular complexity index is 1060. The summed E-state index contributed by atoms with van der Waals surface area (Å²) in [6, 6.07) is 8.65. The highest BCUT2D eigenvalue weighted by molar-refractivity contribution is 7.17. The van der Waals surface area contributed by atoms with E-state index in [-0.39, 0.29) is 0 Å². The van der Waals surface area contributed by atoms with E-state index in [2.05, 4.69) is 46.5 Å². The number of hydrogen-bond donors (Lipinski definition) is 0. The maximum Gasteiger partial charge on any atom is 0.222 e. The van der Waals surface area contributed by atoms with E-state index in [0.717, 1.165) is 48.9 Å². The number of fused-ring (bicyclic) bond motifs is 2. The monoisotopic (exact) mass is 392 g/mol. The molecule has 6 heteroatoms. The Labute approximate surface area is 169 Å². The minimum Gasteiger partial charge on any atom is -0.343 e. The second-order valence-electron chi connectivity index (χ2n) is 7.83. The smallest absolute Gasteiger partial charge is 0.222 e. The van der Waals surface area contributed by atoms with Gasteiger partial charge in [0.1, 0.15) is 16.5 Å². The first-order valence-corrected chi connectivity index (χ1v) is 10.9. The first kappa shape index (κ1) is 17.6. The number of carbonyl (C=O) groups is 1. The zero-order valence-electron chi connectivity index (χ0n) is 16.3. The van der Waals surface area contributed by atoms with E-state index in [9.17, 15) is 4.79 Å². The fraction of sp³-hybridized carbons (Fsp3) is 0.409. The molecule has 3 aromatic rings. The molecule has 28 heavy (non-hydrogen) atoms. The SMILES string of the molecule is Cc1nc(N2CC(CCN3CCCC3=O)c3ccccc32)c2c(C)csc2n1. The Morgan fingerprint density at radius 1 is 1.21 bits per heavy atom. The fourth-order valence-electron chi connectivity index (χ4n) is 4.56. The Kier molecular flexibility index (Phi) is 4.31. The van der Waals surface area contributed by atoms with Crippen LogP contribution in [0.25, 0.3) is 10.2 Å². The van der Waals surface area contributed by atoms with Crippen molar-refractivity contribution in [2.75, 3.05) is 24.5 Å². The molecule has 1 unspecified atom stereocenters. The van der Waals surface area contributed by atoms with Crippen molar-refractivity contribution in [3.63, 3.8) is 0 Å². The van der Waals surface area contributed by atoms with Crippen molar-refractivity contribution >= 4 is 39.0 Å². The predicted octanol–water partition coefficient (Wildman–Crippen LogP) is 4.56. The summed E-state index contributed by atoms with van der Waals surface area (Å²) in [5.74, 6) is 2.56. The number of aryl methyl sites for hydroxylation is 2. The molecule has 2 aliphatic heterocycles. The number of carbonyl (C=O) groups excluding carboxylic acids is 1. The number of thiophene rings is 1. The molecule has 0 spiro atoms.